The molecule has 0 saturated heterocycles. The van der Waals surface area contributed by atoms with Gasteiger partial charge in [-0.1, -0.05) is 48.0 Å². The van der Waals surface area contributed by atoms with Crippen molar-refractivity contribution >= 4 is 32.6 Å². The number of nitrogens with two attached hydrogens (primary N) is 1. The van der Waals surface area contributed by atoms with Gasteiger partial charge >= 0.3 is 0 Å². The Morgan fingerprint density at radius 1 is 0.879 bits per heavy atom. The second-order valence-corrected chi connectivity index (χ2v) is 9.23. The van der Waals surface area contributed by atoms with E-state index in [1.54, 1.807) is 53.2 Å². The molecule has 3 N–H and O–H groups in total. The van der Waals surface area contributed by atoms with Crippen LogP contribution in [-0.4, -0.2) is 28.2 Å². The maximum absolute atomic E-state index is 12.7. The maximum atomic E-state index is 12.7. The van der Waals surface area contributed by atoms with E-state index < -0.39 is 10.0 Å². The molecule has 0 radical (unpaired) electrons. The van der Waals surface area contributed by atoms with Crippen LogP contribution >= 0.6 is 0 Å². The van der Waals surface area contributed by atoms with Crippen molar-refractivity contribution in [1.29, 1.82) is 0 Å². The Bertz CT molecular complexity index is 1550. The summed E-state index contributed by atoms with van der Waals surface area (Å²) in [6.07, 6.45) is 1.41. The average Bonchev–Trinajstić information content (AvgIpc) is 3.21. The van der Waals surface area contributed by atoms with Gasteiger partial charge in [-0.25, -0.2) is 23.1 Å². The number of hydrogen-bond donors (Lipinski definition) is 2. The summed E-state index contributed by atoms with van der Waals surface area (Å²) >= 11 is 0. The van der Waals surface area contributed by atoms with Crippen LogP contribution in [0.2, 0.25) is 0 Å². The predicted octanol–water partition coefficient (Wildman–Crippen LogP) is 4.17. The zero-order chi connectivity index (χ0) is 23.0. The van der Waals surface area contributed by atoms with E-state index in [-0.39, 0.29) is 4.90 Å². The van der Waals surface area contributed by atoms with E-state index >= 15 is 0 Å². The van der Waals surface area contributed by atoms with E-state index in [0.717, 1.165) is 16.8 Å². The highest BCUT2D eigenvalue weighted by atomic mass is 32.2. The molecule has 33 heavy (non-hydrogen) atoms. The quantitative estimate of drug-likeness (QED) is 0.410. The van der Waals surface area contributed by atoms with Crippen LogP contribution in [0.4, 0.5) is 11.5 Å². The second kappa shape index (κ2) is 8.03. The van der Waals surface area contributed by atoms with E-state index in [1.807, 2.05) is 37.3 Å². The fourth-order valence-corrected chi connectivity index (χ4v) is 4.61. The lowest BCUT2D eigenvalue weighted by Gasteiger charge is -2.09. The van der Waals surface area contributed by atoms with E-state index in [2.05, 4.69) is 14.7 Å². The van der Waals surface area contributed by atoms with Crippen molar-refractivity contribution in [1.82, 2.24) is 19.7 Å². The zero-order valence-corrected chi connectivity index (χ0v) is 18.5. The summed E-state index contributed by atoms with van der Waals surface area (Å²) < 4.78 is 29.7. The van der Waals surface area contributed by atoms with E-state index in [1.165, 1.54) is 6.33 Å². The summed E-state index contributed by atoms with van der Waals surface area (Å²) in [5.74, 6) is 0.321. The molecule has 2 heterocycles. The molecule has 0 bridgehead atoms. The first-order valence-corrected chi connectivity index (χ1v) is 11.7. The summed E-state index contributed by atoms with van der Waals surface area (Å²) in [5, 5.41) is 5.38. The van der Waals surface area contributed by atoms with Crippen LogP contribution in [0, 0.1) is 6.92 Å². The highest BCUT2D eigenvalue weighted by Gasteiger charge is 2.19. The SMILES string of the molecule is Cc1ccc(S(=O)(=O)Nc2ccc(-c3nn(-c4ccccc4)c4ncnc(N)c34)cc2)cc1. The second-order valence-electron chi connectivity index (χ2n) is 7.55. The normalized spacial score (nSPS) is 11.5. The number of aryl methyl sites for hydroxylation is 1. The van der Waals surface area contributed by atoms with E-state index in [0.29, 0.717) is 28.2 Å². The lowest BCUT2D eigenvalue weighted by atomic mass is 10.1. The molecule has 5 aromatic rings. The van der Waals surface area contributed by atoms with Crippen LogP contribution in [0.5, 0.6) is 0 Å². The van der Waals surface area contributed by atoms with Crippen molar-refractivity contribution in [3.63, 3.8) is 0 Å². The van der Waals surface area contributed by atoms with E-state index in [4.69, 9.17) is 10.8 Å². The minimum absolute atomic E-state index is 0.203. The lowest BCUT2D eigenvalue weighted by molar-refractivity contribution is 0.601. The van der Waals surface area contributed by atoms with E-state index in [9.17, 15) is 8.42 Å². The van der Waals surface area contributed by atoms with Gasteiger partial charge in [-0.05, 0) is 43.3 Å². The Morgan fingerprint density at radius 2 is 1.58 bits per heavy atom. The van der Waals surface area contributed by atoms with Gasteiger partial charge < -0.3 is 5.73 Å². The molecule has 9 heteroatoms. The highest BCUT2D eigenvalue weighted by Crippen LogP contribution is 2.32. The molecule has 0 aliphatic heterocycles. The number of anilines is 2. The summed E-state index contributed by atoms with van der Waals surface area (Å²) in [6.45, 7) is 1.91. The Morgan fingerprint density at radius 3 is 2.27 bits per heavy atom. The molecule has 0 amide bonds. The zero-order valence-electron chi connectivity index (χ0n) is 17.7. The smallest absolute Gasteiger partial charge is 0.261 e. The number of sulfonamides is 1. The maximum Gasteiger partial charge on any atom is 0.261 e. The lowest BCUT2D eigenvalue weighted by Crippen LogP contribution is -2.12. The van der Waals surface area contributed by atoms with Crippen LogP contribution in [-0.2, 0) is 10.0 Å². The first kappa shape index (κ1) is 20.7. The Hall–Kier alpha value is -4.24. The van der Waals surface area contributed by atoms with Crippen molar-refractivity contribution in [3.05, 3.63) is 90.8 Å². The Balaban J connectivity index is 1.52. The Labute approximate surface area is 190 Å². The number of para-hydroxylation sites is 1. The number of benzene rings is 3. The third-order valence-corrected chi connectivity index (χ3v) is 6.63. The molecule has 0 aliphatic rings. The predicted molar refractivity (Wildman–Crippen MR) is 128 cm³/mol. The summed E-state index contributed by atoms with van der Waals surface area (Å²) in [4.78, 5) is 8.72. The number of nitrogens with zero attached hydrogens (tertiary/aromatic N) is 4. The molecule has 164 valence electrons. The van der Waals surface area contributed by atoms with Crippen LogP contribution in [0.15, 0.2) is 90.1 Å². The molecule has 0 atom stereocenters. The van der Waals surface area contributed by atoms with Gasteiger partial charge in [0.15, 0.2) is 5.65 Å². The first-order valence-electron chi connectivity index (χ1n) is 10.2. The number of hydrogen-bond acceptors (Lipinski definition) is 6. The molecule has 2 aromatic heterocycles. The Kier molecular flexibility index (Phi) is 5.02. The molecule has 8 nitrogen and oxygen atoms in total. The van der Waals surface area contributed by atoms with Crippen molar-refractivity contribution in [2.75, 3.05) is 10.5 Å². The fraction of sp³-hybridized carbons (Fsp3) is 0.0417. The van der Waals surface area contributed by atoms with Crippen LogP contribution in [0.3, 0.4) is 0 Å². The van der Waals surface area contributed by atoms with Gasteiger partial charge in [-0.2, -0.15) is 5.10 Å². The average molecular weight is 457 g/mol. The van der Waals surface area contributed by atoms with Crippen molar-refractivity contribution in [2.24, 2.45) is 0 Å². The van der Waals surface area contributed by atoms with Crippen molar-refractivity contribution in [2.45, 2.75) is 11.8 Å². The van der Waals surface area contributed by atoms with Gasteiger partial charge in [-0.3, -0.25) is 4.72 Å². The molecular formula is C24H20N6O2S. The molecule has 5 rings (SSSR count). The number of rotatable bonds is 5. The number of nitrogen functional groups attached to an aromatic ring is 1. The molecule has 0 spiro atoms. The monoisotopic (exact) mass is 456 g/mol. The van der Waals surface area contributed by atoms with Crippen LogP contribution < -0.4 is 10.5 Å². The first-order chi connectivity index (χ1) is 15.9. The minimum atomic E-state index is -3.69. The third kappa shape index (κ3) is 3.90. The number of aromatic nitrogens is 4. The van der Waals surface area contributed by atoms with Gasteiger partial charge in [-0.15, -0.1) is 0 Å². The molecule has 0 saturated carbocycles. The molecule has 0 fully saturated rings. The van der Waals surface area contributed by atoms with Gasteiger partial charge in [0.2, 0.25) is 0 Å². The van der Waals surface area contributed by atoms with Crippen LogP contribution in [0.1, 0.15) is 5.56 Å². The summed E-state index contributed by atoms with van der Waals surface area (Å²) in [7, 11) is -3.69. The van der Waals surface area contributed by atoms with Crippen molar-refractivity contribution in [3.8, 4) is 16.9 Å². The van der Waals surface area contributed by atoms with Gasteiger partial charge in [0.05, 0.1) is 16.0 Å². The molecule has 0 aliphatic carbocycles. The standard InChI is InChI=1S/C24H20N6O2S/c1-16-7-13-20(14-8-16)33(31,32)29-18-11-9-17(10-12-18)22-21-23(25)26-15-27-24(21)30(28-22)19-5-3-2-4-6-19/h2-15,29H,1H3,(H2,25,26,27). The summed E-state index contributed by atoms with van der Waals surface area (Å²) in [5.41, 5.74) is 10.4. The van der Waals surface area contributed by atoms with Crippen LogP contribution in [0.25, 0.3) is 28.0 Å². The largest absolute Gasteiger partial charge is 0.383 e. The molecule has 0 unspecified atom stereocenters. The van der Waals surface area contributed by atoms with Gasteiger partial charge in [0.1, 0.15) is 17.8 Å². The highest BCUT2D eigenvalue weighted by molar-refractivity contribution is 7.92. The molecule has 3 aromatic carbocycles. The van der Waals surface area contributed by atoms with Crippen molar-refractivity contribution < 1.29 is 8.42 Å². The minimum Gasteiger partial charge on any atom is -0.383 e. The van der Waals surface area contributed by atoms with Gasteiger partial charge in [0, 0.05) is 11.3 Å². The van der Waals surface area contributed by atoms with Gasteiger partial charge in [0.25, 0.3) is 10.0 Å². The fourth-order valence-electron chi connectivity index (χ4n) is 3.55. The molecular weight excluding hydrogens is 436 g/mol. The number of nitrogens with one attached hydrogen (secondary N) is 1. The third-order valence-electron chi connectivity index (χ3n) is 5.24. The summed E-state index contributed by atoms with van der Waals surface area (Å²) in [6, 6.07) is 23.3. The number of fused-ring (bicyclic) bond motifs is 1. The topological polar surface area (TPSA) is 116 Å².